The molecule has 0 spiro atoms. The van der Waals surface area contributed by atoms with Gasteiger partial charge in [0.25, 0.3) is 0 Å². The lowest BCUT2D eigenvalue weighted by Gasteiger charge is -1.98. The molecule has 10 heavy (non-hydrogen) atoms. The number of nitrogens with zero attached hydrogens (tertiary/aromatic N) is 1. The van der Waals surface area contributed by atoms with Crippen molar-refractivity contribution in [1.29, 1.82) is 0 Å². The number of halogens is 2. The lowest BCUT2D eigenvalue weighted by atomic mass is 10.5. The maximum atomic E-state index is 5.70. The molecule has 0 radical (unpaired) electrons. The molecule has 5 heteroatoms. The summed E-state index contributed by atoms with van der Waals surface area (Å²) >= 11 is 7.80. The van der Waals surface area contributed by atoms with E-state index in [0.717, 1.165) is 3.57 Å². The quantitative estimate of drug-likeness (QED) is 0.463. The summed E-state index contributed by atoms with van der Waals surface area (Å²) < 4.78 is 0.933. The molecule has 0 atom stereocenters. The molecule has 0 aliphatic rings. The van der Waals surface area contributed by atoms with Crippen molar-refractivity contribution in [3.8, 4) is 0 Å². The van der Waals surface area contributed by atoms with E-state index in [4.69, 9.17) is 17.4 Å². The molecule has 0 saturated carbocycles. The predicted molar refractivity (Wildman–Crippen MR) is 49.8 cm³/mol. The van der Waals surface area contributed by atoms with Crippen LogP contribution in [0.15, 0.2) is 12.3 Å². The van der Waals surface area contributed by atoms with E-state index in [-0.39, 0.29) is 0 Å². The first-order valence-corrected chi connectivity index (χ1v) is 3.97. The van der Waals surface area contributed by atoms with Gasteiger partial charge in [0.2, 0.25) is 0 Å². The van der Waals surface area contributed by atoms with Gasteiger partial charge < -0.3 is 5.43 Å². The van der Waals surface area contributed by atoms with Crippen molar-refractivity contribution in [2.75, 3.05) is 5.43 Å². The smallest absolute Gasteiger partial charge is 0.141 e. The zero-order valence-electron chi connectivity index (χ0n) is 4.94. The van der Waals surface area contributed by atoms with Crippen LogP contribution < -0.4 is 11.3 Å². The van der Waals surface area contributed by atoms with E-state index in [1.54, 1.807) is 12.3 Å². The number of hydrazine groups is 1. The van der Waals surface area contributed by atoms with Crippen LogP contribution in [0.2, 0.25) is 5.02 Å². The first kappa shape index (κ1) is 8.03. The fourth-order valence-corrected chi connectivity index (χ4v) is 1.03. The summed E-state index contributed by atoms with van der Waals surface area (Å²) in [6.45, 7) is 0. The fourth-order valence-electron chi connectivity index (χ4n) is 0.493. The zero-order chi connectivity index (χ0) is 7.56. The highest BCUT2D eigenvalue weighted by Crippen LogP contribution is 2.18. The molecule has 3 nitrogen and oxygen atoms in total. The van der Waals surface area contributed by atoms with Crippen molar-refractivity contribution < 1.29 is 0 Å². The number of rotatable bonds is 1. The molecule has 1 aromatic heterocycles. The number of hydrogen-bond acceptors (Lipinski definition) is 3. The molecule has 54 valence electrons. The molecule has 0 saturated heterocycles. The molecular weight excluding hydrogens is 264 g/mol. The number of pyridine rings is 1. The van der Waals surface area contributed by atoms with Gasteiger partial charge in [0.1, 0.15) is 5.82 Å². The van der Waals surface area contributed by atoms with E-state index >= 15 is 0 Å². The van der Waals surface area contributed by atoms with E-state index in [1.165, 1.54) is 0 Å². The molecule has 1 heterocycles. The molecule has 0 aromatic carbocycles. The van der Waals surface area contributed by atoms with Crippen LogP contribution in [0.1, 0.15) is 0 Å². The van der Waals surface area contributed by atoms with Gasteiger partial charge >= 0.3 is 0 Å². The summed E-state index contributed by atoms with van der Waals surface area (Å²) in [4.78, 5) is 3.88. The Balaban J connectivity index is 3.04. The minimum absolute atomic E-state index is 0.619. The Kier molecular flexibility index (Phi) is 2.70. The summed E-state index contributed by atoms with van der Waals surface area (Å²) in [5, 5.41) is 0.639. The van der Waals surface area contributed by atoms with Gasteiger partial charge in [-0.25, -0.2) is 10.8 Å². The van der Waals surface area contributed by atoms with Crippen LogP contribution in [0.4, 0.5) is 5.82 Å². The average Bonchev–Trinajstić information content (AvgIpc) is 1.95. The minimum atomic E-state index is 0.619. The molecule has 0 bridgehead atoms. The van der Waals surface area contributed by atoms with Gasteiger partial charge in [-0.05, 0) is 28.7 Å². The number of hydrogen-bond donors (Lipinski definition) is 2. The van der Waals surface area contributed by atoms with Crippen LogP contribution in [0.25, 0.3) is 0 Å². The van der Waals surface area contributed by atoms with E-state index in [0.29, 0.717) is 10.8 Å². The Morgan fingerprint density at radius 2 is 2.40 bits per heavy atom. The molecule has 0 amide bonds. The normalized spacial score (nSPS) is 9.50. The third-order valence-electron chi connectivity index (χ3n) is 0.956. The van der Waals surface area contributed by atoms with Gasteiger partial charge in [-0.2, -0.15) is 0 Å². The SMILES string of the molecule is NNc1cc(I)c(Cl)cn1. The van der Waals surface area contributed by atoms with Crippen LogP contribution >= 0.6 is 34.2 Å². The predicted octanol–water partition coefficient (Wildman–Crippen LogP) is 1.63. The molecule has 1 aromatic rings. The van der Waals surface area contributed by atoms with Gasteiger partial charge in [0.15, 0.2) is 0 Å². The fraction of sp³-hybridized carbons (Fsp3) is 0. The summed E-state index contributed by atoms with van der Waals surface area (Å²) in [5.74, 6) is 5.73. The standard InChI is InChI=1S/C5H5ClIN3/c6-3-2-9-5(10-8)1-4(3)7/h1-2H,8H2,(H,9,10). The largest absolute Gasteiger partial charge is 0.308 e. The number of nitrogens with one attached hydrogen (secondary N) is 1. The highest BCUT2D eigenvalue weighted by atomic mass is 127. The molecule has 0 aliphatic carbocycles. The second kappa shape index (κ2) is 3.36. The molecule has 0 aliphatic heterocycles. The van der Waals surface area contributed by atoms with Crippen molar-refractivity contribution in [2.24, 2.45) is 5.84 Å². The van der Waals surface area contributed by atoms with Gasteiger partial charge in [-0.3, -0.25) is 0 Å². The lowest BCUT2D eigenvalue weighted by Crippen LogP contribution is -2.08. The second-order valence-electron chi connectivity index (χ2n) is 1.63. The Morgan fingerprint density at radius 3 is 2.90 bits per heavy atom. The first-order valence-electron chi connectivity index (χ1n) is 2.51. The zero-order valence-corrected chi connectivity index (χ0v) is 7.85. The van der Waals surface area contributed by atoms with Crippen LogP contribution in [-0.2, 0) is 0 Å². The average molecular weight is 269 g/mol. The minimum Gasteiger partial charge on any atom is -0.308 e. The van der Waals surface area contributed by atoms with Crippen molar-refractivity contribution in [3.63, 3.8) is 0 Å². The van der Waals surface area contributed by atoms with Gasteiger partial charge in [-0.1, -0.05) is 11.6 Å². The summed E-state index contributed by atoms with van der Waals surface area (Å²) in [5.41, 5.74) is 2.42. The van der Waals surface area contributed by atoms with E-state index in [2.05, 4.69) is 33.0 Å². The number of aromatic nitrogens is 1. The van der Waals surface area contributed by atoms with Crippen LogP contribution in [-0.4, -0.2) is 4.98 Å². The van der Waals surface area contributed by atoms with Crippen LogP contribution in [0.5, 0.6) is 0 Å². The lowest BCUT2D eigenvalue weighted by molar-refractivity contribution is 1.22. The molecule has 0 unspecified atom stereocenters. The molecular formula is C5H5ClIN3. The maximum absolute atomic E-state index is 5.70. The summed E-state index contributed by atoms with van der Waals surface area (Å²) in [7, 11) is 0. The maximum Gasteiger partial charge on any atom is 0.141 e. The van der Waals surface area contributed by atoms with Crippen molar-refractivity contribution >= 4 is 40.0 Å². The van der Waals surface area contributed by atoms with Crippen LogP contribution in [0, 0.1) is 3.57 Å². The van der Waals surface area contributed by atoms with Gasteiger partial charge in [0.05, 0.1) is 5.02 Å². The number of nitrogens with two attached hydrogens (primary N) is 1. The van der Waals surface area contributed by atoms with E-state index in [9.17, 15) is 0 Å². The Morgan fingerprint density at radius 1 is 1.70 bits per heavy atom. The summed E-state index contributed by atoms with van der Waals surface area (Å²) in [6.07, 6.45) is 1.55. The summed E-state index contributed by atoms with van der Waals surface area (Å²) in [6, 6.07) is 1.77. The Labute approximate surface area is 77.1 Å². The third-order valence-corrected chi connectivity index (χ3v) is 2.47. The highest BCUT2D eigenvalue weighted by molar-refractivity contribution is 14.1. The van der Waals surface area contributed by atoms with Crippen molar-refractivity contribution in [3.05, 3.63) is 20.9 Å². The van der Waals surface area contributed by atoms with Crippen molar-refractivity contribution in [2.45, 2.75) is 0 Å². The van der Waals surface area contributed by atoms with E-state index < -0.39 is 0 Å². The number of anilines is 1. The van der Waals surface area contributed by atoms with Gasteiger partial charge in [-0.15, -0.1) is 0 Å². The second-order valence-corrected chi connectivity index (χ2v) is 3.20. The van der Waals surface area contributed by atoms with Crippen LogP contribution in [0.3, 0.4) is 0 Å². The molecule has 0 fully saturated rings. The Hall–Kier alpha value is -0.0700. The Bertz CT molecular complexity index is 240. The van der Waals surface area contributed by atoms with Crippen molar-refractivity contribution in [1.82, 2.24) is 4.98 Å². The highest BCUT2D eigenvalue weighted by Gasteiger charge is 1.96. The molecule has 3 N–H and O–H groups in total. The topological polar surface area (TPSA) is 50.9 Å². The third kappa shape index (κ3) is 1.71. The monoisotopic (exact) mass is 269 g/mol. The molecule has 1 rings (SSSR count). The van der Waals surface area contributed by atoms with E-state index in [1.807, 2.05) is 0 Å². The number of nitrogen functional groups attached to an aromatic ring is 1. The van der Waals surface area contributed by atoms with Gasteiger partial charge in [0, 0.05) is 9.77 Å². The first-order chi connectivity index (χ1) is 4.74.